The summed E-state index contributed by atoms with van der Waals surface area (Å²) in [5.74, 6) is -0.221. The molecule has 3 saturated carbocycles. The average Bonchev–Trinajstić information content (AvgIpc) is 1.56. The fourth-order valence-electron chi connectivity index (χ4n) is 16.5. The van der Waals surface area contributed by atoms with E-state index in [0.29, 0.717) is 32.1 Å². The number of hydrogen-bond acceptors (Lipinski definition) is 29. The van der Waals surface area contributed by atoms with E-state index in [2.05, 4.69) is 30.7 Å². The Hall–Kier alpha value is -2.15. The number of hydrogen-bond donors (Lipinski definition) is 12. The van der Waals surface area contributed by atoms with Crippen LogP contribution in [0.2, 0.25) is 0 Å². The second-order valence-electron chi connectivity index (χ2n) is 26.1. The van der Waals surface area contributed by atoms with Gasteiger partial charge in [-0.25, -0.2) is 8.37 Å². The highest BCUT2D eigenvalue weighted by Gasteiger charge is 2.76. The number of carbonyl (C=O) groups excluding carboxylic acids is 1. The number of ether oxygens (including phenoxy) is 12. The fraction of sp³-hybridized carbons (Fsp3) is 0.907. The van der Waals surface area contributed by atoms with Gasteiger partial charge in [-0.1, -0.05) is 51.5 Å². The van der Waals surface area contributed by atoms with Crippen LogP contribution in [0.15, 0.2) is 23.8 Å². The van der Waals surface area contributed by atoms with Crippen molar-refractivity contribution < 1.29 is 147 Å². The summed E-state index contributed by atoms with van der Waals surface area (Å²) in [5.41, 5.74) is 0.00968. The van der Waals surface area contributed by atoms with Crippen molar-refractivity contribution in [2.45, 2.75) is 234 Å². The van der Waals surface area contributed by atoms with Gasteiger partial charge in [0.2, 0.25) is 0 Å². The van der Waals surface area contributed by atoms with Crippen LogP contribution < -0.4 is 0 Å². The predicted molar refractivity (Wildman–Crippen MR) is 285 cm³/mol. The van der Waals surface area contributed by atoms with Crippen LogP contribution in [0.4, 0.5) is 0 Å². The van der Waals surface area contributed by atoms with Gasteiger partial charge in [0.25, 0.3) is 0 Å². The fourth-order valence-corrected chi connectivity index (χ4v) is 17.3. The van der Waals surface area contributed by atoms with Gasteiger partial charge in [-0.05, 0) is 75.0 Å². The van der Waals surface area contributed by atoms with Gasteiger partial charge in [0.15, 0.2) is 31.5 Å². The van der Waals surface area contributed by atoms with E-state index < -0.39 is 211 Å². The molecule has 2 bridgehead atoms. The first-order valence-electron chi connectivity index (χ1n) is 29.2. The first-order valence-corrected chi connectivity index (χ1v) is 31.9. The summed E-state index contributed by atoms with van der Waals surface area (Å²) in [7, 11) is -9.36. The molecule has 0 aromatic heterocycles. The molecule has 12 N–H and O–H groups in total. The topological polar surface area (TPSA) is 457 Å². The molecule has 4 aliphatic carbocycles. The number of carbonyl (C=O) groups is 1. The maximum Gasteiger partial charge on any atom is 0.397 e. The number of methoxy groups -OCH3 is 1. The Morgan fingerprint density at radius 1 is 0.678 bits per heavy atom. The van der Waals surface area contributed by atoms with Gasteiger partial charge in [0.05, 0.1) is 44.1 Å². The first-order chi connectivity index (χ1) is 40.6. The molecule has 33 heteroatoms. The minimum atomic E-state index is -5.30. The standard InChI is InChI=1S/C54H84O31S2/c1-20(2)31-25-15-53(7)23-9-10-29-51(4,5)30(12-13-52(29,6)22(23)11-14-54(31,53)50(65)79-25)80-48-43(34(59)28(18-74-48)85-87(69,70)71)84-49-44(83-46-36(61)35(60)32(57)26(16-55)77-46)37(62)40(21(3)76-49)81-47-39(64)42(33(58)27(78-47)19-75-86(66,67)68)82-45-38(63)41(72-8)24(56)17-73-45/h9,21-22,24-49,55-64H,1,10-19H2,2-8H3,(H,66,67,68)(H,69,70,71)/t21?,22?,24?,25?,26?,27?,28?,29?,30?,31-,32?,33?,34?,35?,36?,37?,38?,39?,40?,41?,42?,43?,44?,45?,46?,47?,48?,49?,52+,53-,54+/m0/s1. The summed E-state index contributed by atoms with van der Waals surface area (Å²) in [5, 5.41) is 112. The number of esters is 1. The van der Waals surface area contributed by atoms with E-state index >= 15 is 0 Å². The van der Waals surface area contributed by atoms with Gasteiger partial charge in [-0.2, -0.15) is 16.8 Å². The zero-order valence-corrected chi connectivity index (χ0v) is 50.6. The molecule has 87 heavy (non-hydrogen) atoms. The Morgan fingerprint density at radius 3 is 1.95 bits per heavy atom. The average molecular weight is 1290 g/mol. The summed E-state index contributed by atoms with van der Waals surface area (Å²) in [6.07, 6.45) is -38.4. The molecule has 6 aliphatic heterocycles. The van der Waals surface area contributed by atoms with E-state index in [9.17, 15) is 81.8 Å². The molecule has 6 saturated heterocycles. The van der Waals surface area contributed by atoms with E-state index in [4.69, 9.17) is 61.0 Å². The minimum absolute atomic E-state index is 0.0430. The molecular formula is C54H84O31S2. The summed E-state index contributed by atoms with van der Waals surface area (Å²) in [6, 6.07) is 0. The lowest BCUT2D eigenvalue weighted by Crippen LogP contribution is -2.68. The zero-order chi connectivity index (χ0) is 63.6. The van der Waals surface area contributed by atoms with Crippen LogP contribution in [-0.4, -0.2) is 270 Å². The zero-order valence-electron chi connectivity index (χ0n) is 49.0. The SMILES string of the molecule is C=C(C)[C@H]1C2C[C@@]3(C)C4=CCC5C(C)(C)C(OC6OCC(OS(=O)(=O)O)C(O)C6OC6OC(C)C(OC7OC(COS(=O)(=O)O)C(O)C(OC8OCC(O)C(OC)C8O)C7O)C(O)C6OC6OC(CO)C(O)C(O)C6O)CC[C@]5(C)C4CC[C@]13C(=O)O2. The Labute approximate surface area is 502 Å². The van der Waals surface area contributed by atoms with Crippen molar-refractivity contribution in [3.05, 3.63) is 23.8 Å². The quantitative estimate of drug-likeness (QED) is 0.0365. The van der Waals surface area contributed by atoms with E-state index in [1.54, 1.807) is 0 Å². The van der Waals surface area contributed by atoms with Crippen LogP contribution in [0.5, 0.6) is 0 Å². The van der Waals surface area contributed by atoms with Gasteiger partial charge < -0.3 is 108 Å². The van der Waals surface area contributed by atoms with Gasteiger partial charge in [-0.3, -0.25) is 13.9 Å². The molecule has 0 radical (unpaired) electrons. The normalized spacial score (nSPS) is 50.7. The Bertz CT molecular complexity index is 2760. The molecule has 31 nitrogen and oxygen atoms in total. The highest BCUT2D eigenvalue weighted by atomic mass is 32.3. The molecule has 498 valence electrons. The lowest BCUT2D eigenvalue weighted by Gasteiger charge is -2.64. The number of allylic oxidation sites excluding steroid dienone is 2. The second-order valence-corrected chi connectivity index (χ2v) is 28.2. The lowest BCUT2D eigenvalue weighted by atomic mass is 9.40. The lowest BCUT2D eigenvalue weighted by molar-refractivity contribution is -0.405. The van der Waals surface area contributed by atoms with Crippen LogP contribution in [0.1, 0.15) is 80.1 Å². The Kier molecular flexibility index (Phi) is 19.4. The Balaban J connectivity index is 0.936. The Morgan fingerprint density at radius 2 is 1.30 bits per heavy atom. The first kappa shape index (κ1) is 67.7. The van der Waals surface area contributed by atoms with Crippen molar-refractivity contribution >= 4 is 26.8 Å². The van der Waals surface area contributed by atoms with E-state index in [1.165, 1.54) is 19.6 Å². The summed E-state index contributed by atoms with van der Waals surface area (Å²) < 4.78 is 148. The van der Waals surface area contributed by atoms with Gasteiger partial charge in [0.1, 0.15) is 110 Å². The van der Waals surface area contributed by atoms with Crippen molar-refractivity contribution in [2.75, 3.05) is 33.5 Å². The van der Waals surface area contributed by atoms with Crippen molar-refractivity contribution in [1.29, 1.82) is 0 Å². The molecular weight excluding hydrogens is 1210 g/mol. The van der Waals surface area contributed by atoms with Gasteiger partial charge >= 0.3 is 26.8 Å². The number of fused-ring (bicyclic) bond motifs is 5. The van der Waals surface area contributed by atoms with Crippen molar-refractivity contribution in [2.24, 2.45) is 39.4 Å². The molecule has 27 unspecified atom stereocenters. The molecule has 0 amide bonds. The molecule has 31 atom stereocenters. The molecule has 0 aromatic rings. The highest BCUT2D eigenvalue weighted by molar-refractivity contribution is 7.81. The number of aliphatic hydroxyl groups is 10. The van der Waals surface area contributed by atoms with Gasteiger partial charge in [-0.15, -0.1) is 0 Å². The monoisotopic (exact) mass is 1290 g/mol. The summed E-state index contributed by atoms with van der Waals surface area (Å²) in [4.78, 5) is 13.9. The third kappa shape index (κ3) is 12.1. The van der Waals surface area contributed by atoms with Crippen LogP contribution in [0, 0.1) is 39.4 Å². The molecule has 6 heterocycles. The van der Waals surface area contributed by atoms with Crippen molar-refractivity contribution in [3.8, 4) is 0 Å². The molecule has 10 aliphatic rings. The van der Waals surface area contributed by atoms with E-state index in [-0.39, 0.29) is 35.2 Å². The number of aliphatic hydroxyl groups excluding tert-OH is 10. The van der Waals surface area contributed by atoms with Crippen LogP contribution in [0.25, 0.3) is 0 Å². The minimum Gasteiger partial charge on any atom is -0.461 e. The van der Waals surface area contributed by atoms with Crippen molar-refractivity contribution in [1.82, 2.24) is 0 Å². The molecule has 0 aromatic carbocycles. The predicted octanol–water partition coefficient (Wildman–Crippen LogP) is -3.22. The third-order valence-corrected chi connectivity index (χ3v) is 21.7. The highest BCUT2D eigenvalue weighted by Crippen LogP contribution is 2.76. The summed E-state index contributed by atoms with van der Waals surface area (Å²) in [6.45, 7) is 12.8. The van der Waals surface area contributed by atoms with Crippen LogP contribution >= 0.6 is 0 Å². The van der Waals surface area contributed by atoms with E-state index in [0.717, 1.165) is 12.0 Å². The van der Waals surface area contributed by atoms with Gasteiger partial charge in [0, 0.05) is 18.4 Å². The number of rotatable bonds is 18. The van der Waals surface area contributed by atoms with Crippen molar-refractivity contribution in [3.63, 3.8) is 0 Å². The second kappa shape index (κ2) is 25.0. The maximum absolute atomic E-state index is 13.9. The molecule has 10 rings (SSSR count). The molecule has 9 fully saturated rings. The maximum atomic E-state index is 13.9. The van der Waals surface area contributed by atoms with E-state index in [1.807, 2.05) is 20.8 Å². The smallest absolute Gasteiger partial charge is 0.397 e. The van der Waals surface area contributed by atoms with Crippen LogP contribution in [-0.2, 0) is 90.8 Å². The largest absolute Gasteiger partial charge is 0.461 e. The van der Waals surface area contributed by atoms with Crippen LogP contribution in [0.3, 0.4) is 0 Å². The third-order valence-electron chi connectivity index (χ3n) is 20.8. The molecule has 1 spiro atoms. The summed E-state index contributed by atoms with van der Waals surface area (Å²) >= 11 is 0.